The molecule has 0 spiro atoms. The molecule has 0 radical (unpaired) electrons. The number of hydrogen-bond acceptors (Lipinski definition) is 5. The number of hydrogen-bond donors (Lipinski definition) is 1. The minimum absolute atomic E-state index is 0.0440. The topological polar surface area (TPSA) is 78.6 Å². The quantitative estimate of drug-likeness (QED) is 0.579. The Morgan fingerprint density at radius 1 is 1.33 bits per heavy atom. The average Bonchev–Trinajstić information content (AvgIpc) is 2.23. The van der Waals surface area contributed by atoms with Crippen molar-refractivity contribution in [2.75, 3.05) is 6.61 Å². The van der Waals surface area contributed by atoms with Crippen LogP contribution in [0.15, 0.2) is 0 Å². The SMILES string of the molecule is CCCCOC(=O)[C@H](OC(C)=O)[C@@H](N)C(F)(F)F. The van der Waals surface area contributed by atoms with Crippen LogP contribution in [0.2, 0.25) is 0 Å². The summed E-state index contributed by atoms with van der Waals surface area (Å²) in [6, 6.07) is -2.60. The normalized spacial score (nSPS) is 14.8. The van der Waals surface area contributed by atoms with Crippen LogP contribution < -0.4 is 5.73 Å². The molecular weight excluding hydrogens is 255 g/mol. The highest BCUT2D eigenvalue weighted by Gasteiger charge is 2.47. The Hall–Kier alpha value is -1.31. The highest BCUT2D eigenvalue weighted by atomic mass is 19.4. The van der Waals surface area contributed by atoms with Crippen LogP contribution in [0.3, 0.4) is 0 Å². The van der Waals surface area contributed by atoms with Crippen molar-refractivity contribution in [3.63, 3.8) is 0 Å². The van der Waals surface area contributed by atoms with Crippen molar-refractivity contribution in [2.24, 2.45) is 5.73 Å². The van der Waals surface area contributed by atoms with Crippen molar-refractivity contribution in [3.05, 3.63) is 0 Å². The first kappa shape index (κ1) is 16.7. The van der Waals surface area contributed by atoms with Crippen molar-refractivity contribution >= 4 is 11.9 Å². The summed E-state index contributed by atoms with van der Waals surface area (Å²) in [4.78, 5) is 22.0. The molecule has 0 amide bonds. The van der Waals surface area contributed by atoms with E-state index in [1.54, 1.807) is 0 Å². The first-order valence-electron chi connectivity index (χ1n) is 5.36. The summed E-state index contributed by atoms with van der Waals surface area (Å²) < 4.78 is 46.0. The van der Waals surface area contributed by atoms with E-state index in [0.29, 0.717) is 12.8 Å². The minimum Gasteiger partial charge on any atom is -0.463 e. The van der Waals surface area contributed by atoms with Gasteiger partial charge in [0, 0.05) is 6.92 Å². The maximum absolute atomic E-state index is 12.4. The maximum Gasteiger partial charge on any atom is 0.407 e. The lowest BCUT2D eigenvalue weighted by Crippen LogP contribution is -2.52. The first-order chi connectivity index (χ1) is 8.20. The van der Waals surface area contributed by atoms with Crippen LogP contribution in [0.1, 0.15) is 26.7 Å². The summed E-state index contributed by atoms with van der Waals surface area (Å²) in [5.41, 5.74) is 4.85. The van der Waals surface area contributed by atoms with E-state index in [0.717, 1.165) is 6.92 Å². The molecule has 0 rings (SSSR count). The van der Waals surface area contributed by atoms with Gasteiger partial charge in [-0.25, -0.2) is 4.79 Å². The molecule has 0 saturated heterocycles. The number of rotatable bonds is 6. The van der Waals surface area contributed by atoms with E-state index in [9.17, 15) is 22.8 Å². The lowest BCUT2D eigenvalue weighted by Gasteiger charge is -2.23. The highest BCUT2D eigenvalue weighted by molar-refractivity contribution is 5.79. The summed E-state index contributed by atoms with van der Waals surface area (Å²) in [5.74, 6) is -2.32. The van der Waals surface area contributed by atoms with Gasteiger partial charge in [0.2, 0.25) is 6.10 Å². The van der Waals surface area contributed by atoms with Crippen LogP contribution >= 0.6 is 0 Å². The Bertz CT molecular complexity index is 293. The van der Waals surface area contributed by atoms with Gasteiger partial charge in [0.05, 0.1) is 6.61 Å². The maximum atomic E-state index is 12.4. The van der Waals surface area contributed by atoms with Crippen molar-refractivity contribution in [2.45, 2.75) is 45.0 Å². The zero-order chi connectivity index (χ0) is 14.3. The number of alkyl halides is 3. The van der Waals surface area contributed by atoms with Gasteiger partial charge in [0.15, 0.2) is 0 Å². The largest absolute Gasteiger partial charge is 0.463 e. The van der Waals surface area contributed by atoms with E-state index in [2.05, 4.69) is 9.47 Å². The second-order valence-corrected chi connectivity index (χ2v) is 3.62. The van der Waals surface area contributed by atoms with Gasteiger partial charge in [-0.2, -0.15) is 13.2 Å². The fourth-order valence-corrected chi connectivity index (χ4v) is 1.02. The molecule has 2 N–H and O–H groups in total. The van der Waals surface area contributed by atoms with E-state index < -0.39 is 30.3 Å². The summed E-state index contributed by atoms with van der Waals surface area (Å²) in [6.45, 7) is 2.66. The van der Waals surface area contributed by atoms with Gasteiger partial charge in [-0.3, -0.25) is 4.79 Å². The molecule has 0 aromatic heterocycles. The monoisotopic (exact) mass is 271 g/mol. The molecule has 0 aliphatic rings. The fourth-order valence-electron chi connectivity index (χ4n) is 1.02. The number of ether oxygens (including phenoxy) is 2. The summed E-state index contributed by atoms with van der Waals surface area (Å²) >= 11 is 0. The molecular formula is C10H16F3NO4. The molecule has 0 aromatic rings. The van der Waals surface area contributed by atoms with Crippen LogP contribution in [-0.4, -0.2) is 36.9 Å². The zero-order valence-corrected chi connectivity index (χ0v) is 10.1. The summed E-state index contributed by atoms with van der Waals surface area (Å²) in [6.07, 6.45) is -5.82. The average molecular weight is 271 g/mol. The van der Waals surface area contributed by atoms with E-state index >= 15 is 0 Å². The molecule has 0 aromatic carbocycles. The molecule has 0 heterocycles. The Morgan fingerprint density at radius 2 is 1.89 bits per heavy atom. The van der Waals surface area contributed by atoms with Crippen LogP contribution in [0.4, 0.5) is 13.2 Å². The molecule has 5 nitrogen and oxygen atoms in total. The number of carbonyl (C=O) groups is 2. The van der Waals surface area contributed by atoms with Gasteiger partial charge in [0.25, 0.3) is 0 Å². The third-order valence-corrected chi connectivity index (χ3v) is 1.97. The van der Waals surface area contributed by atoms with Crippen molar-refractivity contribution in [3.8, 4) is 0 Å². The smallest absolute Gasteiger partial charge is 0.407 e. The Morgan fingerprint density at radius 3 is 2.28 bits per heavy atom. The molecule has 2 atom stereocenters. The van der Waals surface area contributed by atoms with Gasteiger partial charge in [0.1, 0.15) is 6.04 Å². The van der Waals surface area contributed by atoms with E-state index in [1.165, 1.54) is 0 Å². The van der Waals surface area contributed by atoms with E-state index in [-0.39, 0.29) is 6.61 Å². The predicted molar refractivity (Wildman–Crippen MR) is 55.5 cm³/mol. The van der Waals surface area contributed by atoms with Gasteiger partial charge in [-0.15, -0.1) is 0 Å². The summed E-state index contributed by atoms with van der Waals surface area (Å²) in [7, 11) is 0. The molecule has 0 aliphatic heterocycles. The van der Waals surface area contributed by atoms with Crippen LogP contribution in [0, 0.1) is 0 Å². The van der Waals surface area contributed by atoms with Gasteiger partial charge >= 0.3 is 18.1 Å². The number of esters is 2. The molecule has 0 saturated carbocycles. The molecule has 106 valence electrons. The Labute approximate surface area is 102 Å². The number of carbonyl (C=O) groups excluding carboxylic acids is 2. The second-order valence-electron chi connectivity index (χ2n) is 3.62. The van der Waals surface area contributed by atoms with Crippen LogP contribution in [0.25, 0.3) is 0 Å². The molecule has 0 fully saturated rings. The summed E-state index contributed by atoms with van der Waals surface area (Å²) in [5, 5.41) is 0. The van der Waals surface area contributed by atoms with Crippen molar-refractivity contribution in [1.29, 1.82) is 0 Å². The zero-order valence-electron chi connectivity index (χ0n) is 10.1. The van der Waals surface area contributed by atoms with Gasteiger partial charge in [-0.05, 0) is 6.42 Å². The van der Waals surface area contributed by atoms with Gasteiger partial charge in [-0.1, -0.05) is 13.3 Å². The minimum atomic E-state index is -4.86. The van der Waals surface area contributed by atoms with Crippen LogP contribution in [0.5, 0.6) is 0 Å². The molecule has 18 heavy (non-hydrogen) atoms. The third-order valence-electron chi connectivity index (χ3n) is 1.97. The van der Waals surface area contributed by atoms with Crippen LogP contribution in [-0.2, 0) is 19.1 Å². The number of halogens is 3. The molecule has 0 aliphatic carbocycles. The molecule has 8 heteroatoms. The molecule has 0 bridgehead atoms. The first-order valence-corrected chi connectivity index (χ1v) is 5.36. The Kier molecular flexibility index (Phi) is 6.67. The van der Waals surface area contributed by atoms with Gasteiger partial charge < -0.3 is 15.2 Å². The fraction of sp³-hybridized carbons (Fsp3) is 0.800. The lowest BCUT2D eigenvalue weighted by atomic mass is 10.1. The van der Waals surface area contributed by atoms with E-state index in [1.807, 2.05) is 6.92 Å². The predicted octanol–water partition coefficient (Wildman–Crippen LogP) is 1.15. The number of unbranched alkanes of at least 4 members (excludes halogenated alkanes) is 1. The molecule has 0 unspecified atom stereocenters. The lowest BCUT2D eigenvalue weighted by molar-refractivity contribution is -0.195. The number of nitrogens with two attached hydrogens (primary N) is 1. The highest BCUT2D eigenvalue weighted by Crippen LogP contribution is 2.23. The van der Waals surface area contributed by atoms with E-state index in [4.69, 9.17) is 5.73 Å². The Balaban J connectivity index is 4.67. The third kappa shape index (κ3) is 5.85. The second kappa shape index (κ2) is 7.20. The van der Waals surface area contributed by atoms with Crippen molar-refractivity contribution in [1.82, 2.24) is 0 Å². The van der Waals surface area contributed by atoms with Crippen molar-refractivity contribution < 1.29 is 32.2 Å². The standard InChI is InChI=1S/C10H16F3NO4/c1-3-4-5-17-9(16)7(18-6(2)15)8(14)10(11,12)13/h7-8H,3-5,14H2,1-2H3/t7-,8-/m1/s1.